The lowest BCUT2D eigenvalue weighted by atomic mass is 10.1. The van der Waals surface area contributed by atoms with Gasteiger partial charge in [0.15, 0.2) is 10.4 Å². The molecule has 3 rings (SSSR count). The van der Waals surface area contributed by atoms with E-state index in [0.717, 1.165) is 49.9 Å². The molecule has 2 heterocycles. The Labute approximate surface area is 172 Å². The van der Waals surface area contributed by atoms with E-state index >= 15 is 0 Å². The third-order valence-electron chi connectivity index (χ3n) is 4.39. The summed E-state index contributed by atoms with van der Waals surface area (Å²) in [5, 5.41) is 4.23. The van der Waals surface area contributed by atoms with Crippen LogP contribution in [-0.2, 0) is 4.74 Å². The number of hydrogen-bond donors (Lipinski definition) is 1. The van der Waals surface area contributed by atoms with Crippen molar-refractivity contribution in [1.29, 1.82) is 0 Å². The first kappa shape index (κ1) is 20.6. The monoisotopic (exact) mass is 449 g/mol. The first-order valence-corrected chi connectivity index (χ1v) is 10.1. The first-order chi connectivity index (χ1) is 13.7. The summed E-state index contributed by atoms with van der Waals surface area (Å²) in [6, 6.07) is 11.0. The van der Waals surface area contributed by atoms with Crippen molar-refractivity contribution in [2.24, 2.45) is 5.10 Å². The molecule has 1 aliphatic rings. The Morgan fingerprint density at radius 1 is 1.21 bits per heavy atom. The van der Waals surface area contributed by atoms with E-state index in [1.165, 1.54) is 0 Å². The molecular weight excluding hydrogens is 426 g/mol. The second kappa shape index (κ2) is 10.4. The molecule has 0 spiro atoms. The van der Waals surface area contributed by atoms with Gasteiger partial charge in [-0.25, -0.2) is 5.43 Å². The summed E-state index contributed by atoms with van der Waals surface area (Å²) in [5.41, 5.74) is 4.25. The molecule has 1 aromatic heterocycles. The van der Waals surface area contributed by atoms with Gasteiger partial charge in [-0.05, 0) is 64.3 Å². The Morgan fingerprint density at radius 3 is 2.61 bits per heavy atom. The summed E-state index contributed by atoms with van der Waals surface area (Å²) in [5.74, 6) is 0.631. The molecule has 1 fully saturated rings. The van der Waals surface area contributed by atoms with Crippen molar-refractivity contribution in [2.75, 3.05) is 39.5 Å². The number of morpholine rings is 1. The Kier molecular flexibility index (Phi) is 7.64. The number of furan rings is 1. The van der Waals surface area contributed by atoms with E-state index in [1.807, 2.05) is 31.2 Å². The maximum Gasteiger partial charge on any atom is 0.307 e. The lowest BCUT2D eigenvalue weighted by molar-refractivity contribution is 0.0322. The zero-order chi connectivity index (χ0) is 19.8. The summed E-state index contributed by atoms with van der Waals surface area (Å²) >= 11 is 3.18. The second-order valence-electron chi connectivity index (χ2n) is 6.28. The molecule has 2 aromatic rings. The number of carbonyl (C=O) groups excluding carboxylic acids is 1. The molecule has 1 aliphatic heterocycles. The Balaban J connectivity index is 1.52. The number of ether oxygens (including phenoxy) is 2. The molecule has 1 amide bonds. The van der Waals surface area contributed by atoms with Gasteiger partial charge in [-0.15, -0.1) is 0 Å². The predicted molar refractivity (Wildman–Crippen MR) is 110 cm³/mol. The van der Waals surface area contributed by atoms with Crippen LogP contribution in [0.5, 0.6) is 5.75 Å². The van der Waals surface area contributed by atoms with Gasteiger partial charge in [0.1, 0.15) is 12.4 Å². The van der Waals surface area contributed by atoms with Crippen LogP contribution in [0.25, 0.3) is 0 Å². The number of halogens is 1. The largest absolute Gasteiger partial charge is 0.492 e. The molecule has 1 N–H and O–H groups in total. The van der Waals surface area contributed by atoms with Crippen molar-refractivity contribution in [3.05, 3.63) is 52.4 Å². The van der Waals surface area contributed by atoms with Crippen molar-refractivity contribution in [3.8, 4) is 5.75 Å². The SMILES string of the molecule is CC/C(=N\NC(=O)c1ccc(Br)o1)c1ccc(OCCN2CCOCC2)cc1. The Morgan fingerprint density at radius 2 is 1.96 bits per heavy atom. The van der Waals surface area contributed by atoms with E-state index in [0.29, 0.717) is 17.7 Å². The van der Waals surface area contributed by atoms with Gasteiger partial charge in [0, 0.05) is 19.6 Å². The first-order valence-electron chi connectivity index (χ1n) is 9.31. The van der Waals surface area contributed by atoms with Gasteiger partial charge in [0.05, 0.1) is 18.9 Å². The summed E-state index contributed by atoms with van der Waals surface area (Å²) in [4.78, 5) is 14.4. The average Bonchev–Trinajstić information content (AvgIpc) is 3.16. The van der Waals surface area contributed by atoms with Crippen LogP contribution in [0, 0.1) is 0 Å². The molecule has 0 aliphatic carbocycles. The second-order valence-corrected chi connectivity index (χ2v) is 7.07. The summed E-state index contributed by atoms with van der Waals surface area (Å²) < 4.78 is 16.9. The van der Waals surface area contributed by atoms with Crippen LogP contribution in [0.15, 0.2) is 50.6 Å². The predicted octanol–water partition coefficient (Wildman–Crippen LogP) is 3.30. The highest BCUT2D eigenvalue weighted by molar-refractivity contribution is 9.10. The van der Waals surface area contributed by atoms with Gasteiger partial charge in [-0.3, -0.25) is 9.69 Å². The van der Waals surface area contributed by atoms with Crippen LogP contribution < -0.4 is 10.2 Å². The van der Waals surface area contributed by atoms with Gasteiger partial charge in [0.2, 0.25) is 0 Å². The van der Waals surface area contributed by atoms with Crippen LogP contribution in [0.4, 0.5) is 0 Å². The zero-order valence-electron chi connectivity index (χ0n) is 15.8. The molecule has 0 bridgehead atoms. The molecule has 0 saturated carbocycles. The minimum atomic E-state index is -0.389. The third-order valence-corrected chi connectivity index (χ3v) is 4.82. The topological polar surface area (TPSA) is 76.3 Å². The minimum Gasteiger partial charge on any atom is -0.492 e. The van der Waals surface area contributed by atoms with Crippen molar-refractivity contribution in [3.63, 3.8) is 0 Å². The van der Waals surface area contributed by atoms with E-state index in [2.05, 4.69) is 31.4 Å². The fraction of sp³-hybridized carbons (Fsp3) is 0.400. The Bertz CT molecular complexity index is 798. The lowest BCUT2D eigenvalue weighted by Gasteiger charge is -2.26. The molecule has 0 radical (unpaired) electrons. The molecule has 0 unspecified atom stereocenters. The van der Waals surface area contributed by atoms with E-state index in [4.69, 9.17) is 13.9 Å². The van der Waals surface area contributed by atoms with Gasteiger partial charge in [-0.1, -0.05) is 6.92 Å². The molecule has 150 valence electrons. The fourth-order valence-corrected chi connectivity index (χ4v) is 3.12. The zero-order valence-corrected chi connectivity index (χ0v) is 17.4. The molecule has 0 atom stereocenters. The van der Waals surface area contributed by atoms with Crippen molar-refractivity contribution in [1.82, 2.24) is 10.3 Å². The molecule has 8 heteroatoms. The molecule has 1 saturated heterocycles. The standard InChI is InChI=1S/C20H24BrN3O4/c1-2-17(22-23-20(25)18-7-8-19(21)28-18)15-3-5-16(6-4-15)27-14-11-24-9-12-26-13-10-24/h3-8H,2,9-14H2,1H3,(H,23,25)/b22-17+. The van der Waals surface area contributed by atoms with Crippen LogP contribution in [0.3, 0.4) is 0 Å². The molecule has 7 nitrogen and oxygen atoms in total. The number of benzene rings is 1. The summed E-state index contributed by atoms with van der Waals surface area (Å²) in [6.45, 7) is 7.02. The Hall–Kier alpha value is -2.16. The summed E-state index contributed by atoms with van der Waals surface area (Å²) in [7, 11) is 0. The van der Waals surface area contributed by atoms with Crippen molar-refractivity contribution >= 4 is 27.5 Å². The number of carbonyl (C=O) groups is 1. The fourth-order valence-electron chi connectivity index (χ4n) is 2.82. The maximum atomic E-state index is 12.0. The highest BCUT2D eigenvalue weighted by Gasteiger charge is 2.11. The number of hydrogen-bond acceptors (Lipinski definition) is 6. The molecule has 28 heavy (non-hydrogen) atoms. The van der Waals surface area contributed by atoms with Gasteiger partial charge in [0.25, 0.3) is 0 Å². The highest BCUT2D eigenvalue weighted by atomic mass is 79.9. The number of amides is 1. The van der Waals surface area contributed by atoms with Crippen LogP contribution in [0.1, 0.15) is 29.5 Å². The average molecular weight is 450 g/mol. The third kappa shape index (κ3) is 5.92. The van der Waals surface area contributed by atoms with E-state index in [9.17, 15) is 4.79 Å². The highest BCUT2D eigenvalue weighted by Crippen LogP contribution is 2.15. The van der Waals surface area contributed by atoms with Crippen molar-refractivity contribution in [2.45, 2.75) is 13.3 Å². The van der Waals surface area contributed by atoms with Crippen LogP contribution >= 0.6 is 15.9 Å². The summed E-state index contributed by atoms with van der Waals surface area (Å²) in [6.07, 6.45) is 0.680. The number of hydrazone groups is 1. The van der Waals surface area contributed by atoms with E-state index in [-0.39, 0.29) is 11.7 Å². The lowest BCUT2D eigenvalue weighted by Crippen LogP contribution is -2.38. The number of rotatable bonds is 8. The van der Waals surface area contributed by atoms with E-state index < -0.39 is 0 Å². The van der Waals surface area contributed by atoms with Crippen LogP contribution in [0.2, 0.25) is 0 Å². The maximum absolute atomic E-state index is 12.0. The van der Waals surface area contributed by atoms with Crippen molar-refractivity contribution < 1.29 is 18.7 Å². The van der Waals surface area contributed by atoms with Gasteiger partial charge < -0.3 is 13.9 Å². The number of nitrogens with zero attached hydrogens (tertiary/aromatic N) is 2. The van der Waals surface area contributed by atoms with E-state index in [1.54, 1.807) is 12.1 Å². The smallest absolute Gasteiger partial charge is 0.307 e. The molecular formula is C20H24BrN3O4. The normalized spacial score (nSPS) is 15.4. The van der Waals surface area contributed by atoms with Gasteiger partial charge in [-0.2, -0.15) is 5.10 Å². The van der Waals surface area contributed by atoms with Gasteiger partial charge >= 0.3 is 5.91 Å². The molecule has 1 aromatic carbocycles. The number of nitrogens with one attached hydrogen (secondary N) is 1. The minimum absolute atomic E-state index is 0.204. The van der Waals surface area contributed by atoms with Crippen LogP contribution in [-0.4, -0.2) is 56.0 Å². The quantitative estimate of drug-likeness (QED) is 0.494.